The molecule has 2 aromatic rings. The number of urea groups is 1. The SMILES string of the molecule is COCc1csc(NC(=O)Nc2cccc(CCC(=O)O)c2)n1. The third kappa shape index (κ3) is 5.68. The number of ether oxygens (including phenoxy) is 1. The minimum Gasteiger partial charge on any atom is -0.481 e. The molecular weight excluding hydrogens is 318 g/mol. The normalized spacial score (nSPS) is 10.3. The van der Waals surface area contributed by atoms with E-state index in [9.17, 15) is 9.59 Å². The second-order valence-corrected chi connectivity index (χ2v) is 5.61. The molecule has 0 bridgehead atoms. The van der Waals surface area contributed by atoms with Crippen molar-refractivity contribution in [3.8, 4) is 0 Å². The summed E-state index contributed by atoms with van der Waals surface area (Å²) in [4.78, 5) is 26.7. The molecule has 2 amide bonds. The van der Waals surface area contributed by atoms with Gasteiger partial charge in [-0.3, -0.25) is 10.1 Å². The molecule has 1 aromatic heterocycles. The number of aryl methyl sites for hydroxylation is 1. The van der Waals surface area contributed by atoms with Crippen LogP contribution in [0.25, 0.3) is 0 Å². The van der Waals surface area contributed by atoms with Gasteiger partial charge in [0.2, 0.25) is 0 Å². The second-order valence-electron chi connectivity index (χ2n) is 4.75. The van der Waals surface area contributed by atoms with Gasteiger partial charge >= 0.3 is 12.0 Å². The molecule has 0 aliphatic heterocycles. The smallest absolute Gasteiger partial charge is 0.325 e. The predicted octanol–water partition coefficient (Wildman–Crippen LogP) is 2.95. The van der Waals surface area contributed by atoms with E-state index >= 15 is 0 Å². The van der Waals surface area contributed by atoms with Gasteiger partial charge in [0, 0.05) is 24.6 Å². The highest BCUT2D eigenvalue weighted by atomic mass is 32.1. The van der Waals surface area contributed by atoms with E-state index in [0.29, 0.717) is 23.8 Å². The number of amides is 2. The fraction of sp³-hybridized carbons (Fsp3) is 0.267. The first-order valence-electron chi connectivity index (χ1n) is 6.89. The van der Waals surface area contributed by atoms with Crippen LogP contribution in [0.15, 0.2) is 29.6 Å². The van der Waals surface area contributed by atoms with Gasteiger partial charge in [0.15, 0.2) is 5.13 Å². The van der Waals surface area contributed by atoms with E-state index in [0.717, 1.165) is 11.3 Å². The van der Waals surface area contributed by atoms with Gasteiger partial charge in [-0.25, -0.2) is 9.78 Å². The number of aromatic nitrogens is 1. The van der Waals surface area contributed by atoms with Crippen molar-refractivity contribution in [1.82, 2.24) is 4.98 Å². The number of thiazole rings is 1. The second kappa shape index (κ2) is 8.25. The summed E-state index contributed by atoms with van der Waals surface area (Å²) in [5.74, 6) is -0.850. The number of methoxy groups -OCH3 is 1. The van der Waals surface area contributed by atoms with Gasteiger partial charge in [0.25, 0.3) is 0 Å². The summed E-state index contributed by atoms with van der Waals surface area (Å²) in [7, 11) is 1.58. The molecule has 1 aromatic carbocycles. The number of hydrogen-bond acceptors (Lipinski definition) is 5. The maximum Gasteiger partial charge on any atom is 0.325 e. The fourth-order valence-corrected chi connectivity index (χ4v) is 2.58. The van der Waals surface area contributed by atoms with Crippen molar-refractivity contribution in [1.29, 1.82) is 0 Å². The minimum absolute atomic E-state index is 0.0526. The van der Waals surface area contributed by atoms with Crippen molar-refractivity contribution < 1.29 is 19.4 Å². The van der Waals surface area contributed by atoms with E-state index in [2.05, 4.69) is 15.6 Å². The molecule has 0 unspecified atom stereocenters. The van der Waals surface area contributed by atoms with Crippen molar-refractivity contribution >= 4 is 34.2 Å². The van der Waals surface area contributed by atoms with Crippen LogP contribution in [0.1, 0.15) is 17.7 Å². The Labute approximate surface area is 137 Å². The number of carboxylic acids is 1. The molecule has 23 heavy (non-hydrogen) atoms. The summed E-state index contributed by atoms with van der Waals surface area (Å²) in [5, 5.41) is 16.3. The van der Waals surface area contributed by atoms with Crippen LogP contribution < -0.4 is 10.6 Å². The highest BCUT2D eigenvalue weighted by Gasteiger charge is 2.07. The Morgan fingerprint density at radius 1 is 1.35 bits per heavy atom. The molecule has 1 heterocycles. The third-order valence-corrected chi connectivity index (χ3v) is 3.68. The van der Waals surface area contributed by atoms with Crippen molar-refractivity contribution in [3.63, 3.8) is 0 Å². The molecule has 0 saturated carbocycles. The molecule has 122 valence electrons. The molecule has 0 aliphatic rings. The quantitative estimate of drug-likeness (QED) is 0.722. The Kier molecular flexibility index (Phi) is 6.07. The highest BCUT2D eigenvalue weighted by molar-refractivity contribution is 7.13. The lowest BCUT2D eigenvalue weighted by atomic mass is 10.1. The molecule has 3 N–H and O–H groups in total. The Morgan fingerprint density at radius 2 is 2.17 bits per heavy atom. The molecule has 0 atom stereocenters. The molecule has 0 saturated heterocycles. The van der Waals surface area contributed by atoms with Crippen molar-refractivity contribution in [2.45, 2.75) is 19.4 Å². The largest absolute Gasteiger partial charge is 0.481 e. The monoisotopic (exact) mass is 335 g/mol. The van der Waals surface area contributed by atoms with Crippen LogP contribution in [0.4, 0.5) is 15.6 Å². The lowest BCUT2D eigenvalue weighted by molar-refractivity contribution is -0.136. The maximum atomic E-state index is 11.9. The molecule has 0 radical (unpaired) electrons. The van der Waals surface area contributed by atoms with Gasteiger partial charge in [-0.05, 0) is 24.1 Å². The Hall–Kier alpha value is -2.45. The van der Waals surface area contributed by atoms with Gasteiger partial charge in [0.05, 0.1) is 12.3 Å². The fourth-order valence-electron chi connectivity index (χ4n) is 1.89. The zero-order chi connectivity index (χ0) is 16.7. The molecule has 0 spiro atoms. The number of benzene rings is 1. The maximum absolute atomic E-state index is 11.9. The van der Waals surface area contributed by atoms with Gasteiger partial charge in [-0.2, -0.15) is 0 Å². The minimum atomic E-state index is -0.850. The summed E-state index contributed by atoms with van der Waals surface area (Å²) >= 11 is 1.31. The van der Waals surface area contributed by atoms with Crippen molar-refractivity contribution in [2.24, 2.45) is 0 Å². The van der Waals surface area contributed by atoms with Crippen LogP contribution in [0, 0.1) is 0 Å². The van der Waals surface area contributed by atoms with Crippen LogP contribution >= 0.6 is 11.3 Å². The number of carbonyl (C=O) groups excluding carboxylic acids is 1. The van der Waals surface area contributed by atoms with Crippen LogP contribution in [0.2, 0.25) is 0 Å². The third-order valence-electron chi connectivity index (χ3n) is 2.88. The van der Waals surface area contributed by atoms with Crippen molar-refractivity contribution in [3.05, 3.63) is 40.9 Å². The lowest BCUT2D eigenvalue weighted by Crippen LogP contribution is -2.19. The van der Waals surface area contributed by atoms with Gasteiger partial charge in [-0.15, -0.1) is 11.3 Å². The first-order chi connectivity index (χ1) is 11.1. The van der Waals surface area contributed by atoms with Crippen LogP contribution in [0.5, 0.6) is 0 Å². The van der Waals surface area contributed by atoms with E-state index in [1.807, 2.05) is 11.4 Å². The molecule has 2 rings (SSSR count). The Bertz CT molecular complexity index is 687. The highest BCUT2D eigenvalue weighted by Crippen LogP contribution is 2.17. The Morgan fingerprint density at radius 3 is 2.91 bits per heavy atom. The molecular formula is C15H17N3O4S. The first-order valence-corrected chi connectivity index (χ1v) is 7.77. The van der Waals surface area contributed by atoms with Gasteiger partial charge in [-0.1, -0.05) is 12.1 Å². The van der Waals surface area contributed by atoms with E-state index < -0.39 is 12.0 Å². The van der Waals surface area contributed by atoms with E-state index in [4.69, 9.17) is 9.84 Å². The number of hydrogen-bond donors (Lipinski definition) is 3. The van der Waals surface area contributed by atoms with Crippen molar-refractivity contribution in [2.75, 3.05) is 17.7 Å². The number of nitrogens with one attached hydrogen (secondary N) is 2. The number of carbonyl (C=O) groups is 2. The van der Waals surface area contributed by atoms with Crippen LogP contribution in [0.3, 0.4) is 0 Å². The average molecular weight is 335 g/mol. The molecule has 0 fully saturated rings. The molecule has 8 heteroatoms. The number of rotatable bonds is 7. The Balaban J connectivity index is 1.91. The molecule has 0 aliphatic carbocycles. The summed E-state index contributed by atoms with van der Waals surface area (Å²) in [6.07, 6.45) is 0.469. The summed E-state index contributed by atoms with van der Waals surface area (Å²) in [6, 6.07) is 6.68. The lowest BCUT2D eigenvalue weighted by Gasteiger charge is -2.07. The summed E-state index contributed by atoms with van der Waals surface area (Å²) in [5.41, 5.74) is 2.20. The number of anilines is 2. The zero-order valence-corrected chi connectivity index (χ0v) is 13.4. The standard InChI is InChI=1S/C15H17N3O4S/c1-22-8-12-9-23-15(17-12)18-14(21)16-11-4-2-3-10(7-11)5-6-13(19)20/h2-4,7,9H,5-6,8H2,1H3,(H,19,20)(H2,16,17,18,21). The summed E-state index contributed by atoms with van der Waals surface area (Å²) < 4.78 is 4.97. The summed E-state index contributed by atoms with van der Waals surface area (Å²) in [6.45, 7) is 0.394. The van der Waals surface area contributed by atoms with Gasteiger partial charge < -0.3 is 15.2 Å². The van der Waals surface area contributed by atoms with E-state index in [1.54, 1.807) is 25.3 Å². The predicted molar refractivity (Wildman–Crippen MR) is 87.9 cm³/mol. The molecule has 7 nitrogen and oxygen atoms in total. The average Bonchev–Trinajstić information content (AvgIpc) is 2.93. The van der Waals surface area contributed by atoms with E-state index in [1.165, 1.54) is 11.3 Å². The number of carboxylic acid groups (broad SMARTS) is 1. The van der Waals surface area contributed by atoms with Crippen LogP contribution in [-0.4, -0.2) is 29.2 Å². The van der Waals surface area contributed by atoms with Gasteiger partial charge in [0.1, 0.15) is 0 Å². The number of aliphatic carboxylic acids is 1. The van der Waals surface area contributed by atoms with E-state index in [-0.39, 0.29) is 6.42 Å². The topological polar surface area (TPSA) is 101 Å². The first kappa shape index (κ1) is 16.9. The zero-order valence-electron chi connectivity index (χ0n) is 12.5. The number of nitrogens with zero attached hydrogens (tertiary/aromatic N) is 1. The van der Waals surface area contributed by atoms with Crippen LogP contribution in [-0.2, 0) is 22.6 Å².